The van der Waals surface area contributed by atoms with Gasteiger partial charge in [0.1, 0.15) is 11.5 Å². The maximum absolute atomic E-state index is 15.6. The van der Waals surface area contributed by atoms with Crippen LogP contribution in [0, 0.1) is 11.6 Å². The zero-order valence-electron chi connectivity index (χ0n) is 21.3. The number of nitrogens with zero attached hydrogens (tertiary/aromatic N) is 4. The highest BCUT2D eigenvalue weighted by molar-refractivity contribution is 6.32. The van der Waals surface area contributed by atoms with Crippen LogP contribution in [-0.2, 0) is 4.79 Å². The Bertz CT molecular complexity index is 1380. The van der Waals surface area contributed by atoms with E-state index < -0.39 is 29.3 Å². The Balaban J connectivity index is 1.66. The molecule has 2 N–H and O–H groups in total. The predicted octanol–water partition coefficient (Wildman–Crippen LogP) is 6.64. The molecule has 2 aromatic carbocycles. The Labute approximate surface area is 234 Å². The number of carbonyl (C=O) groups is 2. The van der Waals surface area contributed by atoms with Gasteiger partial charge in [-0.2, -0.15) is 0 Å². The van der Waals surface area contributed by atoms with Crippen molar-refractivity contribution in [3.8, 4) is 11.1 Å². The lowest BCUT2D eigenvalue weighted by Crippen LogP contribution is -2.41. The maximum atomic E-state index is 15.6. The number of hydrogen-bond acceptors (Lipinski definition) is 5. The molecule has 206 valence electrons. The largest absolute Gasteiger partial charge is 0.481 e. The first-order valence-electron chi connectivity index (χ1n) is 12.3. The third kappa shape index (κ3) is 6.24. The third-order valence-corrected chi connectivity index (χ3v) is 6.75. The molecule has 8 nitrogen and oxygen atoms in total. The smallest absolute Gasteiger partial charge is 0.334 e. The summed E-state index contributed by atoms with van der Waals surface area (Å²) in [4.78, 5) is 33.1. The van der Waals surface area contributed by atoms with Gasteiger partial charge in [-0.1, -0.05) is 29.3 Å². The quantitative estimate of drug-likeness (QED) is 0.281. The fourth-order valence-corrected chi connectivity index (χ4v) is 4.79. The van der Waals surface area contributed by atoms with Crippen molar-refractivity contribution in [1.82, 2.24) is 9.88 Å². The van der Waals surface area contributed by atoms with Gasteiger partial charge in [0, 0.05) is 54.1 Å². The van der Waals surface area contributed by atoms with Gasteiger partial charge >= 0.3 is 12.0 Å². The number of hydrogen-bond donors (Lipinski definition) is 2. The normalized spacial score (nSPS) is 12.8. The lowest BCUT2D eigenvalue weighted by molar-refractivity contribution is -0.137. The second kappa shape index (κ2) is 12.1. The molecule has 0 fully saturated rings. The Morgan fingerprint density at radius 2 is 1.79 bits per heavy atom. The molecule has 39 heavy (non-hydrogen) atoms. The number of likely N-dealkylation sites (N-methyl/N-ethyl adjacent to an activating group) is 1. The van der Waals surface area contributed by atoms with Crippen molar-refractivity contribution in [3.05, 3.63) is 64.3 Å². The number of halogens is 4. The van der Waals surface area contributed by atoms with Crippen molar-refractivity contribution in [2.75, 3.05) is 48.3 Å². The summed E-state index contributed by atoms with van der Waals surface area (Å²) in [6.07, 6.45) is 1.98. The van der Waals surface area contributed by atoms with E-state index in [0.29, 0.717) is 48.0 Å². The van der Waals surface area contributed by atoms with Crippen LogP contribution in [0.1, 0.15) is 19.8 Å². The maximum Gasteiger partial charge on any atom is 0.334 e. The summed E-state index contributed by atoms with van der Waals surface area (Å²) in [5.41, 5.74) is 0.858. The second-order valence-electron chi connectivity index (χ2n) is 9.06. The highest BCUT2D eigenvalue weighted by atomic mass is 35.5. The molecule has 0 saturated carbocycles. The Morgan fingerprint density at radius 3 is 2.46 bits per heavy atom. The molecule has 0 bridgehead atoms. The minimum Gasteiger partial charge on any atom is -0.481 e. The summed E-state index contributed by atoms with van der Waals surface area (Å²) in [7, 11) is 1.83. The molecule has 3 aromatic rings. The summed E-state index contributed by atoms with van der Waals surface area (Å²) >= 11 is 12.5. The SMILES string of the molecule is CCN1C(=O)N(c2c(F)cc(NCCN(C)CCCC(=O)O)cc2F)c2cc(Cl)ccc2-c2cc(Cl)cnc21. The van der Waals surface area contributed by atoms with Crippen molar-refractivity contribution in [2.45, 2.75) is 19.8 Å². The van der Waals surface area contributed by atoms with Crippen LogP contribution >= 0.6 is 23.2 Å². The van der Waals surface area contributed by atoms with Gasteiger partial charge in [0.2, 0.25) is 0 Å². The molecule has 2 heterocycles. The number of pyridine rings is 1. The van der Waals surface area contributed by atoms with Crippen LogP contribution in [0.25, 0.3) is 11.1 Å². The molecule has 0 spiro atoms. The van der Waals surface area contributed by atoms with E-state index >= 15 is 8.78 Å². The van der Waals surface area contributed by atoms with E-state index in [0.717, 1.165) is 17.0 Å². The Morgan fingerprint density at radius 1 is 1.08 bits per heavy atom. The molecule has 2 amide bonds. The zero-order valence-corrected chi connectivity index (χ0v) is 22.9. The molecule has 0 aliphatic carbocycles. The van der Waals surface area contributed by atoms with E-state index in [9.17, 15) is 9.59 Å². The van der Waals surface area contributed by atoms with Crippen molar-refractivity contribution < 1.29 is 23.5 Å². The summed E-state index contributed by atoms with van der Waals surface area (Å²) in [5, 5.41) is 12.4. The first kappa shape index (κ1) is 28.5. The van der Waals surface area contributed by atoms with Crippen LogP contribution < -0.4 is 15.1 Å². The molecule has 0 atom stereocenters. The number of carboxylic acid groups (broad SMARTS) is 1. The molecule has 1 aromatic heterocycles. The summed E-state index contributed by atoms with van der Waals surface area (Å²) < 4.78 is 31.2. The van der Waals surface area contributed by atoms with Gasteiger partial charge in [-0.05, 0) is 57.3 Å². The number of carbonyl (C=O) groups excluding carboxylic acids is 1. The minimum atomic E-state index is -0.945. The number of benzene rings is 2. The second-order valence-corrected chi connectivity index (χ2v) is 9.94. The van der Waals surface area contributed by atoms with Crippen molar-refractivity contribution in [1.29, 1.82) is 0 Å². The number of carboxylic acids is 1. The van der Waals surface area contributed by atoms with Gasteiger partial charge in [0.15, 0.2) is 11.6 Å². The molecular formula is C27H27Cl2F2N5O3. The standard InChI is InChI=1S/C27H27Cl2F2N5O3/c1-3-35-26-20(11-17(29)15-33-26)19-7-6-16(28)12-23(19)36(27(35)39)25-21(30)13-18(14-22(25)31)32-8-10-34(2)9-4-5-24(37)38/h6-7,11-15,32H,3-5,8-10H2,1-2H3,(H,37,38). The molecular weight excluding hydrogens is 551 g/mol. The van der Waals surface area contributed by atoms with E-state index in [2.05, 4.69) is 10.3 Å². The first-order valence-corrected chi connectivity index (χ1v) is 13.1. The lowest BCUT2D eigenvalue weighted by atomic mass is 10.0. The molecule has 4 rings (SSSR count). The number of nitrogens with one attached hydrogen (secondary N) is 1. The zero-order chi connectivity index (χ0) is 28.3. The van der Waals surface area contributed by atoms with E-state index in [1.165, 1.54) is 17.2 Å². The highest BCUT2D eigenvalue weighted by Crippen LogP contribution is 2.46. The fourth-order valence-electron chi connectivity index (χ4n) is 4.46. The number of aliphatic carboxylic acids is 1. The van der Waals surface area contributed by atoms with Gasteiger partial charge < -0.3 is 15.3 Å². The molecule has 1 aliphatic rings. The summed E-state index contributed by atoms with van der Waals surface area (Å²) in [5.74, 6) is -2.44. The highest BCUT2D eigenvalue weighted by Gasteiger charge is 2.36. The summed E-state index contributed by atoms with van der Waals surface area (Å²) in [6.45, 7) is 3.39. The molecule has 0 radical (unpaired) electrons. The van der Waals surface area contributed by atoms with Crippen LogP contribution in [0.5, 0.6) is 0 Å². The van der Waals surface area contributed by atoms with E-state index in [1.54, 1.807) is 25.1 Å². The number of fused-ring (bicyclic) bond motifs is 3. The van der Waals surface area contributed by atoms with Gasteiger partial charge in [-0.25, -0.2) is 18.6 Å². The monoisotopic (exact) mass is 577 g/mol. The number of aromatic nitrogens is 1. The van der Waals surface area contributed by atoms with Crippen LogP contribution in [0.3, 0.4) is 0 Å². The van der Waals surface area contributed by atoms with Gasteiger partial charge in [0.05, 0.1) is 10.7 Å². The molecule has 12 heteroatoms. The van der Waals surface area contributed by atoms with Crippen LogP contribution in [0.15, 0.2) is 42.6 Å². The number of urea groups is 1. The minimum absolute atomic E-state index is 0.0723. The predicted molar refractivity (Wildman–Crippen MR) is 149 cm³/mol. The average Bonchev–Trinajstić information content (AvgIpc) is 2.95. The number of amides is 2. The van der Waals surface area contributed by atoms with Crippen molar-refractivity contribution >= 4 is 58.1 Å². The molecule has 0 unspecified atom stereocenters. The van der Waals surface area contributed by atoms with Crippen LogP contribution in [0.2, 0.25) is 10.0 Å². The van der Waals surface area contributed by atoms with E-state index in [-0.39, 0.29) is 29.4 Å². The van der Waals surface area contributed by atoms with Crippen molar-refractivity contribution in [3.63, 3.8) is 0 Å². The third-order valence-electron chi connectivity index (χ3n) is 6.31. The first-order chi connectivity index (χ1) is 18.6. The van der Waals surface area contributed by atoms with Crippen LogP contribution in [0.4, 0.5) is 36.5 Å². The Hall–Kier alpha value is -3.47. The Kier molecular flexibility index (Phi) is 8.89. The topological polar surface area (TPSA) is 89.0 Å². The average molecular weight is 578 g/mol. The van der Waals surface area contributed by atoms with E-state index in [4.69, 9.17) is 28.3 Å². The summed E-state index contributed by atoms with van der Waals surface area (Å²) in [6, 6.07) is 7.96. The van der Waals surface area contributed by atoms with Crippen molar-refractivity contribution in [2.24, 2.45) is 0 Å². The lowest BCUT2D eigenvalue weighted by Gasteiger charge is -2.28. The number of rotatable bonds is 10. The van der Waals surface area contributed by atoms with Gasteiger partial charge in [-0.15, -0.1) is 0 Å². The molecule has 1 aliphatic heterocycles. The fraction of sp³-hybridized carbons (Fsp3) is 0.296. The van der Waals surface area contributed by atoms with E-state index in [1.807, 2.05) is 11.9 Å². The van der Waals surface area contributed by atoms with Crippen LogP contribution in [-0.4, -0.2) is 60.2 Å². The van der Waals surface area contributed by atoms with Gasteiger partial charge in [0.25, 0.3) is 0 Å². The van der Waals surface area contributed by atoms with Gasteiger partial charge in [-0.3, -0.25) is 14.6 Å². The molecule has 0 saturated heterocycles. The number of anilines is 4.